The lowest BCUT2D eigenvalue weighted by molar-refractivity contribution is 0.171. The lowest BCUT2D eigenvalue weighted by Gasteiger charge is -2.08. The van der Waals surface area contributed by atoms with Crippen molar-refractivity contribution in [2.24, 2.45) is 14.1 Å². The average molecular weight is 299 g/mol. The van der Waals surface area contributed by atoms with Crippen molar-refractivity contribution in [2.45, 2.75) is 19.4 Å². The highest BCUT2D eigenvalue weighted by molar-refractivity contribution is 9.10. The van der Waals surface area contributed by atoms with Gasteiger partial charge in [-0.25, -0.2) is 4.98 Å². The topological polar surface area (TPSA) is 55.9 Å². The van der Waals surface area contributed by atoms with Crippen LogP contribution in [0.2, 0.25) is 0 Å². The molecule has 6 heteroatoms. The summed E-state index contributed by atoms with van der Waals surface area (Å²) >= 11 is 3.49. The largest absolute Gasteiger partial charge is 0.386 e. The van der Waals surface area contributed by atoms with Crippen molar-refractivity contribution < 1.29 is 5.11 Å². The summed E-state index contributed by atoms with van der Waals surface area (Å²) in [5, 5.41) is 14.4. The molecule has 1 N–H and O–H groups in total. The molecule has 0 aliphatic rings. The van der Waals surface area contributed by atoms with E-state index in [2.05, 4.69) is 26.0 Å². The van der Waals surface area contributed by atoms with E-state index in [1.165, 1.54) is 0 Å². The minimum atomic E-state index is -0.609. The molecule has 5 nitrogen and oxygen atoms in total. The Balaban J connectivity index is 2.21. The van der Waals surface area contributed by atoms with Crippen LogP contribution in [-0.2, 0) is 20.5 Å². The maximum Gasteiger partial charge on any atom is 0.103 e. The van der Waals surface area contributed by atoms with Crippen molar-refractivity contribution >= 4 is 15.9 Å². The monoisotopic (exact) mass is 298 g/mol. The predicted molar refractivity (Wildman–Crippen MR) is 67.5 cm³/mol. The summed E-state index contributed by atoms with van der Waals surface area (Å²) in [5.41, 5.74) is 2.58. The molecule has 2 heterocycles. The minimum Gasteiger partial charge on any atom is -0.386 e. The van der Waals surface area contributed by atoms with Crippen molar-refractivity contribution in [3.05, 3.63) is 34.1 Å². The Morgan fingerprint density at radius 2 is 2.18 bits per heavy atom. The molecule has 2 aromatic heterocycles. The van der Waals surface area contributed by atoms with Gasteiger partial charge in [0.2, 0.25) is 0 Å². The van der Waals surface area contributed by atoms with Gasteiger partial charge in [0.05, 0.1) is 27.9 Å². The number of aromatic nitrogens is 4. The number of aliphatic hydroxyl groups is 1. The van der Waals surface area contributed by atoms with Crippen LogP contribution in [0.4, 0.5) is 0 Å². The number of halogens is 1. The predicted octanol–water partition coefficient (Wildman–Crippen LogP) is 1.50. The Hall–Kier alpha value is -1.14. The first-order valence-electron chi connectivity index (χ1n) is 5.33. The van der Waals surface area contributed by atoms with Crippen molar-refractivity contribution in [1.82, 2.24) is 19.3 Å². The summed E-state index contributed by atoms with van der Waals surface area (Å²) in [6.45, 7) is 1.93. The molecule has 1 atom stereocenters. The fourth-order valence-electron chi connectivity index (χ4n) is 1.79. The van der Waals surface area contributed by atoms with E-state index >= 15 is 0 Å². The molecule has 0 radical (unpaired) electrons. The second-order valence-corrected chi connectivity index (χ2v) is 4.95. The van der Waals surface area contributed by atoms with E-state index in [0.717, 1.165) is 15.9 Å². The van der Waals surface area contributed by atoms with Gasteiger partial charge in [-0.05, 0) is 22.9 Å². The first kappa shape index (κ1) is 12.3. The number of imidazole rings is 1. The quantitative estimate of drug-likeness (QED) is 0.934. The Bertz CT molecular complexity index is 532. The van der Waals surface area contributed by atoms with Crippen LogP contribution < -0.4 is 0 Å². The molecule has 0 amide bonds. The summed E-state index contributed by atoms with van der Waals surface area (Å²) in [6.07, 6.45) is 3.39. The molecule has 2 aromatic rings. The second kappa shape index (κ2) is 4.62. The van der Waals surface area contributed by atoms with Crippen LogP contribution in [0.5, 0.6) is 0 Å². The highest BCUT2D eigenvalue weighted by Gasteiger charge is 2.17. The Kier molecular flexibility index (Phi) is 3.35. The molecule has 1 unspecified atom stereocenters. The summed E-state index contributed by atoms with van der Waals surface area (Å²) < 4.78 is 4.56. The van der Waals surface area contributed by atoms with Crippen molar-refractivity contribution in [1.29, 1.82) is 0 Å². The molecule has 0 spiro atoms. The van der Waals surface area contributed by atoms with Gasteiger partial charge < -0.3 is 9.67 Å². The van der Waals surface area contributed by atoms with Gasteiger partial charge in [0, 0.05) is 26.7 Å². The van der Waals surface area contributed by atoms with Crippen molar-refractivity contribution in [3.63, 3.8) is 0 Å². The molecule has 0 bridgehead atoms. The lowest BCUT2D eigenvalue weighted by Crippen LogP contribution is -2.07. The van der Waals surface area contributed by atoms with E-state index < -0.39 is 6.10 Å². The SMILES string of the molecule is Cc1nn(C)c(CC(O)c2cn(C)cn2)c1Br. The van der Waals surface area contributed by atoms with Crippen molar-refractivity contribution in [3.8, 4) is 0 Å². The molecule has 0 saturated heterocycles. The number of hydrogen-bond donors (Lipinski definition) is 1. The number of nitrogens with zero attached hydrogens (tertiary/aromatic N) is 4. The van der Waals surface area contributed by atoms with E-state index in [1.54, 1.807) is 11.0 Å². The van der Waals surface area contributed by atoms with Crippen LogP contribution in [0.15, 0.2) is 17.0 Å². The van der Waals surface area contributed by atoms with E-state index in [4.69, 9.17) is 0 Å². The molecular weight excluding hydrogens is 284 g/mol. The highest BCUT2D eigenvalue weighted by atomic mass is 79.9. The first-order chi connectivity index (χ1) is 7.99. The van der Waals surface area contributed by atoms with E-state index in [1.807, 2.05) is 31.8 Å². The van der Waals surface area contributed by atoms with Gasteiger partial charge in [-0.15, -0.1) is 0 Å². The zero-order chi connectivity index (χ0) is 12.6. The zero-order valence-electron chi connectivity index (χ0n) is 10.1. The molecule has 92 valence electrons. The molecular formula is C11H15BrN4O. The average Bonchev–Trinajstić information content (AvgIpc) is 2.79. The molecule has 0 aliphatic heterocycles. The third kappa shape index (κ3) is 2.42. The summed E-state index contributed by atoms with van der Waals surface area (Å²) in [4.78, 5) is 4.15. The van der Waals surface area contributed by atoms with E-state index in [-0.39, 0.29) is 0 Å². The van der Waals surface area contributed by atoms with Crippen LogP contribution in [0.3, 0.4) is 0 Å². The van der Waals surface area contributed by atoms with Gasteiger partial charge >= 0.3 is 0 Å². The lowest BCUT2D eigenvalue weighted by atomic mass is 10.1. The maximum atomic E-state index is 10.1. The maximum absolute atomic E-state index is 10.1. The number of hydrogen-bond acceptors (Lipinski definition) is 3. The smallest absolute Gasteiger partial charge is 0.103 e. The third-order valence-electron chi connectivity index (χ3n) is 2.71. The number of aliphatic hydroxyl groups excluding tert-OH is 1. The van der Waals surface area contributed by atoms with Crippen molar-refractivity contribution in [2.75, 3.05) is 0 Å². The summed E-state index contributed by atoms with van der Waals surface area (Å²) in [5.74, 6) is 0. The molecule has 17 heavy (non-hydrogen) atoms. The second-order valence-electron chi connectivity index (χ2n) is 4.15. The fourth-order valence-corrected chi connectivity index (χ4v) is 2.29. The number of rotatable bonds is 3. The Morgan fingerprint density at radius 3 is 2.65 bits per heavy atom. The normalized spacial score (nSPS) is 13.0. The first-order valence-corrected chi connectivity index (χ1v) is 6.12. The van der Waals surface area contributed by atoms with Crippen LogP contribution in [0, 0.1) is 6.92 Å². The Labute approximate surface area is 108 Å². The molecule has 2 rings (SSSR count). The minimum absolute atomic E-state index is 0.495. The highest BCUT2D eigenvalue weighted by Crippen LogP contribution is 2.25. The number of aryl methyl sites for hydroxylation is 3. The standard InChI is InChI=1S/C11H15BrN4O/c1-7-11(12)9(16(3)14-7)4-10(17)8-5-15(2)6-13-8/h5-6,10,17H,4H2,1-3H3. The molecule has 0 aromatic carbocycles. The Morgan fingerprint density at radius 1 is 1.47 bits per heavy atom. The summed E-state index contributed by atoms with van der Waals surface area (Å²) in [7, 11) is 3.76. The summed E-state index contributed by atoms with van der Waals surface area (Å²) in [6, 6.07) is 0. The molecule has 0 fully saturated rings. The third-order valence-corrected chi connectivity index (χ3v) is 3.75. The van der Waals surface area contributed by atoms with Crippen LogP contribution in [0.1, 0.15) is 23.2 Å². The van der Waals surface area contributed by atoms with Crippen LogP contribution in [0.25, 0.3) is 0 Å². The fraction of sp³-hybridized carbons (Fsp3) is 0.455. The van der Waals surface area contributed by atoms with E-state index in [0.29, 0.717) is 12.1 Å². The van der Waals surface area contributed by atoms with Gasteiger partial charge in [0.25, 0.3) is 0 Å². The molecule has 0 aliphatic carbocycles. The van der Waals surface area contributed by atoms with Gasteiger partial charge in [-0.2, -0.15) is 5.10 Å². The van der Waals surface area contributed by atoms with Crippen LogP contribution >= 0.6 is 15.9 Å². The van der Waals surface area contributed by atoms with Gasteiger partial charge in [-0.1, -0.05) is 0 Å². The van der Waals surface area contributed by atoms with E-state index in [9.17, 15) is 5.11 Å². The zero-order valence-corrected chi connectivity index (χ0v) is 11.6. The van der Waals surface area contributed by atoms with Gasteiger partial charge in [0.1, 0.15) is 6.10 Å². The van der Waals surface area contributed by atoms with Gasteiger partial charge in [-0.3, -0.25) is 4.68 Å². The van der Waals surface area contributed by atoms with Gasteiger partial charge in [0.15, 0.2) is 0 Å². The molecule has 0 saturated carbocycles. The van der Waals surface area contributed by atoms with Crippen LogP contribution in [-0.4, -0.2) is 24.4 Å².